The van der Waals surface area contributed by atoms with Crippen LogP contribution in [0.15, 0.2) is 72.8 Å². The van der Waals surface area contributed by atoms with E-state index in [2.05, 4.69) is 0 Å². The van der Waals surface area contributed by atoms with Gasteiger partial charge in [0, 0.05) is 5.92 Å². The Hall–Kier alpha value is -3.64. The highest BCUT2D eigenvalue weighted by Crippen LogP contribution is 2.44. The predicted molar refractivity (Wildman–Crippen MR) is 111 cm³/mol. The van der Waals surface area contributed by atoms with Crippen LogP contribution in [-0.2, 0) is 14.3 Å². The summed E-state index contributed by atoms with van der Waals surface area (Å²) in [5.41, 5.74) is 10.6. The summed E-state index contributed by atoms with van der Waals surface area (Å²) in [6, 6.07) is 20.5. The standard InChI is InChI=1S/C24H21NO5/c25-22(14-6-5-7-15(26)12-14)21(23(27)28)24(29)30-13-20-18-10-3-1-8-16(18)17-9-2-4-11-19(17)20/h1-12,20-22,26H,13,25H2,(H,27,28)/t21-,22?/m1/s1. The molecule has 3 aromatic rings. The molecular formula is C24H21NO5. The number of hydrogen-bond donors (Lipinski definition) is 3. The molecule has 0 fully saturated rings. The van der Waals surface area contributed by atoms with Gasteiger partial charge >= 0.3 is 11.9 Å². The zero-order valence-corrected chi connectivity index (χ0v) is 16.1. The molecule has 0 saturated heterocycles. The normalized spacial score (nSPS) is 14.4. The molecule has 0 amide bonds. The maximum atomic E-state index is 12.7. The van der Waals surface area contributed by atoms with Crippen LogP contribution in [0.4, 0.5) is 0 Å². The first kappa shape index (κ1) is 19.7. The number of benzene rings is 3. The van der Waals surface area contributed by atoms with E-state index in [-0.39, 0.29) is 18.3 Å². The van der Waals surface area contributed by atoms with Crippen molar-refractivity contribution in [3.05, 3.63) is 89.5 Å². The molecule has 0 aromatic heterocycles. The lowest BCUT2D eigenvalue weighted by Crippen LogP contribution is -2.36. The molecule has 1 aliphatic carbocycles. The first-order valence-electron chi connectivity index (χ1n) is 9.59. The third-order valence-electron chi connectivity index (χ3n) is 5.49. The first-order chi connectivity index (χ1) is 14.5. The minimum absolute atomic E-state index is 0.0173. The molecule has 0 heterocycles. The molecule has 3 aromatic carbocycles. The first-order valence-corrected chi connectivity index (χ1v) is 9.59. The number of ether oxygens (including phenoxy) is 1. The summed E-state index contributed by atoms with van der Waals surface area (Å²) in [7, 11) is 0. The number of carboxylic acids is 1. The second kappa shape index (κ2) is 8.00. The fourth-order valence-corrected chi connectivity index (χ4v) is 4.02. The number of rotatable bonds is 6. The molecule has 4 rings (SSSR count). The second-order valence-corrected chi connectivity index (χ2v) is 7.29. The van der Waals surface area contributed by atoms with Gasteiger partial charge in [0.1, 0.15) is 12.4 Å². The summed E-state index contributed by atoms with van der Waals surface area (Å²) in [6.45, 7) is 0.0173. The van der Waals surface area contributed by atoms with Crippen LogP contribution in [-0.4, -0.2) is 28.8 Å². The second-order valence-electron chi connectivity index (χ2n) is 7.29. The summed E-state index contributed by atoms with van der Waals surface area (Å²) in [6.07, 6.45) is 0. The Morgan fingerprint density at radius 1 is 0.933 bits per heavy atom. The van der Waals surface area contributed by atoms with Crippen LogP contribution in [0.3, 0.4) is 0 Å². The highest BCUT2D eigenvalue weighted by atomic mass is 16.5. The van der Waals surface area contributed by atoms with Gasteiger partial charge in [-0.3, -0.25) is 9.59 Å². The van der Waals surface area contributed by atoms with Gasteiger partial charge in [-0.25, -0.2) is 0 Å². The average molecular weight is 403 g/mol. The van der Waals surface area contributed by atoms with Crippen LogP contribution in [0.5, 0.6) is 5.75 Å². The quantitative estimate of drug-likeness (QED) is 0.430. The molecule has 1 unspecified atom stereocenters. The predicted octanol–water partition coefficient (Wildman–Crippen LogP) is 3.45. The minimum atomic E-state index is -1.58. The van der Waals surface area contributed by atoms with Crippen molar-refractivity contribution < 1.29 is 24.5 Å². The maximum Gasteiger partial charge on any atom is 0.322 e. The summed E-state index contributed by atoms with van der Waals surface area (Å²) in [5, 5.41) is 19.2. The van der Waals surface area contributed by atoms with E-state index in [0.717, 1.165) is 22.3 Å². The maximum absolute atomic E-state index is 12.7. The van der Waals surface area contributed by atoms with Gasteiger partial charge in [0.2, 0.25) is 0 Å². The molecule has 152 valence electrons. The van der Waals surface area contributed by atoms with E-state index in [1.807, 2.05) is 48.5 Å². The largest absolute Gasteiger partial charge is 0.508 e. The van der Waals surface area contributed by atoms with Crippen molar-refractivity contribution in [1.82, 2.24) is 0 Å². The summed E-state index contributed by atoms with van der Waals surface area (Å²) < 4.78 is 5.47. The Kier molecular flexibility index (Phi) is 5.25. The van der Waals surface area contributed by atoms with Gasteiger partial charge in [-0.2, -0.15) is 0 Å². The molecule has 30 heavy (non-hydrogen) atoms. The number of carbonyl (C=O) groups is 2. The average Bonchev–Trinajstić information content (AvgIpc) is 3.06. The van der Waals surface area contributed by atoms with E-state index in [1.165, 1.54) is 12.1 Å². The minimum Gasteiger partial charge on any atom is -0.508 e. The number of carbonyl (C=O) groups excluding carboxylic acids is 1. The number of hydrogen-bond acceptors (Lipinski definition) is 5. The third-order valence-corrected chi connectivity index (χ3v) is 5.49. The van der Waals surface area contributed by atoms with Crippen molar-refractivity contribution in [3.63, 3.8) is 0 Å². The Morgan fingerprint density at radius 3 is 2.10 bits per heavy atom. The Balaban J connectivity index is 1.55. The molecule has 1 aliphatic rings. The van der Waals surface area contributed by atoms with Gasteiger partial charge in [-0.15, -0.1) is 0 Å². The SMILES string of the molecule is NC(c1cccc(O)c1)[C@H](C(=O)O)C(=O)OCC1c2ccccc2-c2ccccc21. The monoisotopic (exact) mass is 403 g/mol. The van der Waals surface area contributed by atoms with Crippen LogP contribution in [0.2, 0.25) is 0 Å². The molecule has 2 atom stereocenters. The number of nitrogens with two attached hydrogens (primary N) is 1. The number of phenolic OH excluding ortho intramolecular Hbond substituents is 1. The van der Waals surface area contributed by atoms with Gasteiger partial charge in [-0.05, 0) is 39.9 Å². The van der Waals surface area contributed by atoms with E-state index in [4.69, 9.17) is 10.5 Å². The number of aromatic hydroxyl groups is 1. The molecule has 0 radical (unpaired) electrons. The van der Waals surface area contributed by atoms with Gasteiger partial charge in [-0.1, -0.05) is 60.7 Å². The van der Waals surface area contributed by atoms with Crippen LogP contribution in [0.25, 0.3) is 11.1 Å². The third kappa shape index (κ3) is 3.53. The van der Waals surface area contributed by atoms with Crippen LogP contribution >= 0.6 is 0 Å². The number of esters is 1. The van der Waals surface area contributed by atoms with Crippen LogP contribution < -0.4 is 5.73 Å². The van der Waals surface area contributed by atoms with E-state index in [9.17, 15) is 19.8 Å². The molecule has 4 N–H and O–H groups in total. The van der Waals surface area contributed by atoms with Gasteiger partial charge in [0.05, 0.1) is 6.04 Å². The topological polar surface area (TPSA) is 110 Å². The highest BCUT2D eigenvalue weighted by Gasteiger charge is 2.37. The zero-order valence-electron chi connectivity index (χ0n) is 16.1. The van der Waals surface area contributed by atoms with Crippen molar-refractivity contribution in [2.24, 2.45) is 11.7 Å². The summed E-state index contributed by atoms with van der Waals surface area (Å²) >= 11 is 0. The molecule has 0 aliphatic heterocycles. The van der Waals surface area contributed by atoms with Gasteiger partial charge in [0.15, 0.2) is 5.92 Å². The molecule has 6 heteroatoms. The zero-order chi connectivity index (χ0) is 21.3. The van der Waals surface area contributed by atoms with Crippen LogP contribution in [0, 0.1) is 5.92 Å². The van der Waals surface area contributed by atoms with Gasteiger partial charge in [0.25, 0.3) is 0 Å². The van der Waals surface area contributed by atoms with E-state index in [1.54, 1.807) is 12.1 Å². The number of phenols is 1. The van der Waals surface area contributed by atoms with Crippen molar-refractivity contribution in [2.45, 2.75) is 12.0 Å². The molecule has 0 spiro atoms. The molecular weight excluding hydrogens is 382 g/mol. The lowest BCUT2D eigenvalue weighted by atomic mass is 9.93. The van der Waals surface area contributed by atoms with Crippen molar-refractivity contribution in [2.75, 3.05) is 6.61 Å². The fourth-order valence-electron chi connectivity index (χ4n) is 4.02. The number of fused-ring (bicyclic) bond motifs is 3. The summed E-state index contributed by atoms with van der Waals surface area (Å²) in [5.74, 6) is -4.09. The smallest absolute Gasteiger partial charge is 0.322 e. The fraction of sp³-hybridized carbons (Fsp3) is 0.167. The molecule has 0 saturated carbocycles. The van der Waals surface area contributed by atoms with Crippen molar-refractivity contribution in [1.29, 1.82) is 0 Å². The lowest BCUT2D eigenvalue weighted by Gasteiger charge is -2.21. The van der Waals surface area contributed by atoms with Crippen LogP contribution in [0.1, 0.15) is 28.7 Å². The Bertz CT molecular complexity index is 1060. The highest BCUT2D eigenvalue weighted by molar-refractivity contribution is 5.95. The lowest BCUT2D eigenvalue weighted by molar-refractivity contribution is -0.160. The Morgan fingerprint density at radius 2 is 1.53 bits per heavy atom. The Labute approximate surface area is 173 Å². The summed E-state index contributed by atoms with van der Waals surface area (Å²) in [4.78, 5) is 24.5. The van der Waals surface area contributed by atoms with E-state index in [0.29, 0.717) is 5.56 Å². The van der Waals surface area contributed by atoms with Crippen molar-refractivity contribution >= 4 is 11.9 Å². The van der Waals surface area contributed by atoms with E-state index < -0.39 is 23.9 Å². The number of carboxylic acid groups (broad SMARTS) is 1. The van der Waals surface area contributed by atoms with E-state index >= 15 is 0 Å². The number of aliphatic carboxylic acids is 1. The molecule has 0 bridgehead atoms. The molecule has 6 nitrogen and oxygen atoms in total. The van der Waals surface area contributed by atoms with Gasteiger partial charge < -0.3 is 20.7 Å². The van der Waals surface area contributed by atoms with Crippen molar-refractivity contribution in [3.8, 4) is 16.9 Å².